The van der Waals surface area contributed by atoms with E-state index in [9.17, 15) is 0 Å². The zero-order valence-electron chi connectivity index (χ0n) is 21.2. The summed E-state index contributed by atoms with van der Waals surface area (Å²) >= 11 is 3.66. The molecule has 0 atom stereocenters. The molecule has 188 valence electrons. The molecule has 7 aromatic rings. The molecule has 1 aromatic heterocycles. The summed E-state index contributed by atoms with van der Waals surface area (Å²) < 4.78 is 3.47. The first-order valence-corrected chi connectivity index (χ1v) is 15.5. The molecule has 0 aliphatic carbocycles. The van der Waals surface area contributed by atoms with Gasteiger partial charge in [-0.3, -0.25) is 0 Å². The summed E-state index contributed by atoms with van der Waals surface area (Å²) in [5, 5.41) is 2.56. The maximum Gasteiger partial charge on any atom is 0.0541 e. The van der Waals surface area contributed by atoms with Crippen molar-refractivity contribution in [1.29, 1.82) is 0 Å². The monoisotopic (exact) mass is 583 g/mol. The Balaban J connectivity index is 1.49. The van der Waals surface area contributed by atoms with Gasteiger partial charge in [0.2, 0.25) is 0 Å². The van der Waals surface area contributed by atoms with E-state index in [4.69, 9.17) is 0 Å². The molecule has 0 aliphatic rings. The number of halogens is 1. The Hall–Kier alpha value is -4.05. The van der Waals surface area contributed by atoms with Crippen LogP contribution in [0.15, 0.2) is 182 Å². The van der Waals surface area contributed by atoms with E-state index < -0.39 is 10.0 Å². The minimum atomic E-state index is -1.73. The van der Waals surface area contributed by atoms with Crippen molar-refractivity contribution in [2.75, 3.05) is 0 Å². The normalized spacial score (nSPS) is 12.1. The maximum absolute atomic E-state index is 3.66. The molecule has 0 spiro atoms. The molecule has 3 heteroatoms. The number of rotatable bonds is 5. The molecule has 0 saturated heterocycles. The molecule has 0 unspecified atom stereocenters. The zero-order valence-corrected chi connectivity index (χ0v) is 23.6. The van der Waals surface area contributed by atoms with Crippen LogP contribution in [0.2, 0.25) is 0 Å². The van der Waals surface area contributed by atoms with Crippen molar-refractivity contribution in [3.05, 3.63) is 162 Å². The summed E-state index contributed by atoms with van der Waals surface area (Å²) in [4.78, 5) is 5.27. The summed E-state index contributed by atoms with van der Waals surface area (Å²) in [7, 11) is -1.73. The van der Waals surface area contributed by atoms with Gasteiger partial charge >= 0.3 is 0 Å². The second-order valence-corrected chi connectivity index (χ2v) is 13.6. The molecular weight excluding hydrogens is 558 g/mol. The third-order valence-corrected chi connectivity index (χ3v) is 11.8. The fraction of sp³-hybridized carbons (Fsp3) is 0. The van der Waals surface area contributed by atoms with Crippen LogP contribution in [0.5, 0.6) is 0 Å². The molecule has 0 bridgehead atoms. The zero-order chi connectivity index (χ0) is 26.2. The smallest absolute Gasteiger partial charge is 0.0541 e. The van der Waals surface area contributed by atoms with Gasteiger partial charge in [0.15, 0.2) is 0 Å². The average molecular weight is 585 g/mol. The van der Waals surface area contributed by atoms with Crippen molar-refractivity contribution in [1.82, 2.24) is 4.57 Å². The largest absolute Gasteiger partial charge is 0.309 e. The molecule has 0 fully saturated rings. The lowest BCUT2D eigenvalue weighted by atomic mass is 10.2. The lowest BCUT2D eigenvalue weighted by Gasteiger charge is -2.42. The Bertz CT molecular complexity index is 1800. The van der Waals surface area contributed by atoms with Gasteiger partial charge in [-0.2, -0.15) is 0 Å². The Morgan fingerprint density at radius 1 is 0.385 bits per heavy atom. The van der Waals surface area contributed by atoms with Gasteiger partial charge in [-0.05, 0) is 84.9 Å². The van der Waals surface area contributed by atoms with Crippen LogP contribution in [-0.2, 0) is 0 Å². The molecule has 0 saturated carbocycles. The van der Waals surface area contributed by atoms with E-state index >= 15 is 0 Å². The van der Waals surface area contributed by atoms with Crippen molar-refractivity contribution < 1.29 is 0 Å². The highest BCUT2D eigenvalue weighted by Gasteiger charge is 2.33. The minimum Gasteiger partial charge on any atom is -0.309 e. The van der Waals surface area contributed by atoms with E-state index in [1.807, 2.05) is 0 Å². The second-order valence-electron chi connectivity index (χ2n) is 9.56. The number of nitrogens with zero attached hydrogens (tertiary/aromatic N) is 1. The van der Waals surface area contributed by atoms with Gasteiger partial charge in [0.1, 0.15) is 0 Å². The van der Waals surface area contributed by atoms with E-state index in [2.05, 4.69) is 178 Å². The average Bonchev–Trinajstić information content (AvgIpc) is 3.34. The van der Waals surface area contributed by atoms with Crippen LogP contribution in [-0.4, -0.2) is 4.57 Å². The summed E-state index contributed by atoms with van der Waals surface area (Å²) in [6.45, 7) is 0. The quantitative estimate of drug-likeness (QED) is 0.190. The van der Waals surface area contributed by atoms with Gasteiger partial charge < -0.3 is 4.57 Å². The highest BCUT2D eigenvalue weighted by molar-refractivity contribution is 9.10. The first-order chi connectivity index (χ1) is 19.3. The highest BCUT2D eigenvalue weighted by Crippen LogP contribution is 2.73. The van der Waals surface area contributed by atoms with Gasteiger partial charge in [0, 0.05) is 40.5 Å². The van der Waals surface area contributed by atoms with Gasteiger partial charge in [-0.1, -0.05) is 88.7 Å². The summed E-state index contributed by atoms with van der Waals surface area (Å²) in [5.41, 5.74) is 3.62. The third kappa shape index (κ3) is 3.93. The summed E-state index contributed by atoms with van der Waals surface area (Å²) in [5.74, 6) is 0. The lowest BCUT2D eigenvalue weighted by Crippen LogP contribution is -2.05. The molecule has 6 aromatic carbocycles. The van der Waals surface area contributed by atoms with Gasteiger partial charge in [0.25, 0.3) is 0 Å². The summed E-state index contributed by atoms with van der Waals surface area (Å²) in [6.07, 6.45) is 0. The van der Waals surface area contributed by atoms with Crippen molar-refractivity contribution >= 4 is 47.8 Å². The molecule has 0 aliphatic heterocycles. The Kier molecular flexibility index (Phi) is 6.11. The van der Waals surface area contributed by atoms with Crippen LogP contribution in [0.25, 0.3) is 27.5 Å². The molecule has 39 heavy (non-hydrogen) atoms. The fourth-order valence-electron chi connectivity index (χ4n) is 5.70. The summed E-state index contributed by atoms with van der Waals surface area (Å²) in [6, 6.07) is 57.5. The SMILES string of the molecule is Brc1ccc(S(c2ccccc2)(c2ccccc2)c2ccc(-n3c4ccccc4c4ccccc43)cc2)cc1. The maximum atomic E-state index is 3.66. The van der Waals surface area contributed by atoms with E-state index in [0.717, 1.165) is 4.47 Å². The topological polar surface area (TPSA) is 4.93 Å². The predicted molar refractivity (Wildman–Crippen MR) is 168 cm³/mol. The molecule has 1 heterocycles. The number of benzene rings is 6. The first kappa shape index (κ1) is 24.0. The highest BCUT2D eigenvalue weighted by atomic mass is 79.9. The Morgan fingerprint density at radius 2 is 0.769 bits per heavy atom. The first-order valence-electron chi connectivity index (χ1n) is 13.0. The molecule has 0 N–H and O–H groups in total. The van der Waals surface area contributed by atoms with Gasteiger partial charge in [0.05, 0.1) is 11.0 Å². The number of hydrogen-bond acceptors (Lipinski definition) is 0. The van der Waals surface area contributed by atoms with Crippen LogP contribution in [0, 0.1) is 0 Å². The molecule has 0 radical (unpaired) electrons. The van der Waals surface area contributed by atoms with E-state index in [1.54, 1.807) is 0 Å². The van der Waals surface area contributed by atoms with Crippen molar-refractivity contribution in [3.8, 4) is 5.69 Å². The van der Waals surface area contributed by atoms with Crippen LogP contribution in [0.4, 0.5) is 0 Å². The van der Waals surface area contributed by atoms with Crippen molar-refractivity contribution in [3.63, 3.8) is 0 Å². The van der Waals surface area contributed by atoms with Gasteiger partial charge in [-0.25, -0.2) is 0 Å². The van der Waals surface area contributed by atoms with Crippen LogP contribution < -0.4 is 0 Å². The molecular formula is C36H26BrNS. The number of fused-ring (bicyclic) bond motifs is 3. The van der Waals surface area contributed by atoms with Crippen LogP contribution in [0.3, 0.4) is 0 Å². The molecule has 0 amide bonds. The number of aromatic nitrogens is 1. The van der Waals surface area contributed by atoms with Gasteiger partial charge in [-0.15, -0.1) is 10.0 Å². The lowest BCUT2D eigenvalue weighted by molar-refractivity contribution is 1.16. The van der Waals surface area contributed by atoms with Crippen molar-refractivity contribution in [2.45, 2.75) is 19.6 Å². The Labute approximate surface area is 238 Å². The van der Waals surface area contributed by atoms with Crippen molar-refractivity contribution in [2.24, 2.45) is 0 Å². The number of para-hydroxylation sites is 2. The van der Waals surface area contributed by atoms with Crippen LogP contribution >= 0.6 is 26.0 Å². The Morgan fingerprint density at radius 3 is 1.26 bits per heavy atom. The predicted octanol–water partition coefficient (Wildman–Crippen LogP) is 10.9. The standard InChI is InChI=1S/C36H26BrNS/c37-27-19-23-31(24-20-27)39(29-11-3-1-4-12-29,30-13-5-2-6-14-30)32-25-21-28(22-26-32)38-35-17-9-7-15-33(35)34-16-8-10-18-36(34)38/h1-26H. The molecule has 7 rings (SSSR count). The molecule has 1 nitrogen and oxygen atoms in total. The number of hydrogen-bond donors (Lipinski definition) is 0. The second kappa shape index (κ2) is 9.92. The van der Waals surface area contributed by atoms with E-state index in [-0.39, 0.29) is 0 Å². The minimum absolute atomic E-state index is 1.09. The fourth-order valence-corrected chi connectivity index (χ4v) is 9.82. The van der Waals surface area contributed by atoms with Crippen LogP contribution in [0.1, 0.15) is 0 Å². The van der Waals surface area contributed by atoms with E-state index in [1.165, 1.54) is 47.1 Å². The van der Waals surface area contributed by atoms with E-state index in [0.29, 0.717) is 0 Å². The third-order valence-electron chi connectivity index (χ3n) is 7.39.